The zero-order valence-corrected chi connectivity index (χ0v) is 19.7. The number of aromatic hydroxyl groups is 1. The molecule has 3 N–H and O–H groups in total. The van der Waals surface area contributed by atoms with Crippen molar-refractivity contribution in [3.63, 3.8) is 0 Å². The first kappa shape index (κ1) is 22.2. The van der Waals surface area contributed by atoms with Crippen LogP contribution in [0.1, 0.15) is 25.3 Å². The number of oxazole rings is 1. The third kappa shape index (κ3) is 3.48. The van der Waals surface area contributed by atoms with Crippen molar-refractivity contribution in [1.29, 1.82) is 0 Å². The Kier molecular flexibility index (Phi) is 5.25. The number of alkyl halides is 1. The molecule has 1 aliphatic heterocycles. The molecule has 0 atom stereocenters. The quantitative estimate of drug-likeness (QED) is 0.354. The fourth-order valence-electron chi connectivity index (χ4n) is 3.83. The maximum atomic E-state index is 13.5. The van der Waals surface area contributed by atoms with Crippen molar-refractivity contribution in [2.24, 2.45) is 10.3 Å². The summed E-state index contributed by atoms with van der Waals surface area (Å²) in [7, 11) is -4.31. The Morgan fingerprint density at radius 1 is 1.24 bits per heavy atom. The van der Waals surface area contributed by atoms with Crippen LogP contribution in [0.2, 0.25) is 0 Å². The minimum Gasteiger partial charge on any atom is -0.506 e. The van der Waals surface area contributed by atoms with Crippen molar-refractivity contribution in [2.45, 2.75) is 24.6 Å². The molecule has 3 heterocycles. The monoisotopic (exact) mass is 501 g/mol. The van der Waals surface area contributed by atoms with E-state index in [4.69, 9.17) is 16.0 Å². The third-order valence-electron chi connectivity index (χ3n) is 5.34. The van der Waals surface area contributed by atoms with E-state index >= 15 is 0 Å². The molecular weight excluding hydrogens is 482 g/mol. The number of hydrogen-bond acceptors (Lipinski definition) is 8. The van der Waals surface area contributed by atoms with Crippen molar-refractivity contribution in [3.8, 4) is 5.75 Å². The summed E-state index contributed by atoms with van der Waals surface area (Å²) in [6.45, 7) is 4.44. The van der Waals surface area contributed by atoms with E-state index in [1.165, 1.54) is 10.7 Å². The van der Waals surface area contributed by atoms with Gasteiger partial charge in [-0.05, 0) is 30.2 Å². The lowest BCUT2D eigenvalue weighted by Gasteiger charge is -2.21. The van der Waals surface area contributed by atoms with Crippen LogP contribution < -0.4 is 16.3 Å². The molecule has 0 amide bonds. The van der Waals surface area contributed by atoms with Crippen LogP contribution in [0, 0.1) is 5.92 Å². The Morgan fingerprint density at radius 3 is 2.74 bits per heavy atom. The molecule has 10 nitrogen and oxygen atoms in total. The van der Waals surface area contributed by atoms with Gasteiger partial charge in [0.1, 0.15) is 21.7 Å². The van der Waals surface area contributed by atoms with Gasteiger partial charge in [0.25, 0.3) is 15.6 Å². The highest BCUT2D eigenvalue weighted by molar-refractivity contribution is 7.90. The molecule has 5 rings (SSSR count). The number of rotatable bonds is 5. The number of benzene rings is 2. The summed E-state index contributed by atoms with van der Waals surface area (Å²) < 4.78 is 37.0. The maximum Gasteiger partial charge on any atom is 0.288 e. The average Bonchev–Trinajstić information content (AvgIpc) is 3.21. The number of fused-ring (bicyclic) bond motifs is 4. The Morgan fingerprint density at radius 2 is 2.00 bits per heavy atom. The number of pyridine rings is 1. The molecule has 4 aromatic rings. The summed E-state index contributed by atoms with van der Waals surface area (Å²) in [4.78, 5) is 17.4. The highest BCUT2D eigenvalue weighted by Crippen LogP contribution is 2.36. The number of nitrogens with one attached hydrogen (secondary N) is 2. The molecule has 0 fully saturated rings. The molecule has 0 saturated carbocycles. The lowest BCUT2D eigenvalue weighted by Crippen LogP contribution is -2.37. The van der Waals surface area contributed by atoms with Crippen LogP contribution in [0.3, 0.4) is 0 Å². The van der Waals surface area contributed by atoms with Crippen LogP contribution in [0.4, 0.5) is 5.69 Å². The number of aromatic nitrogens is 2. The Bertz CT molecular complexity index is 1660. The predicted octanol–water partition coefficient (Wildman–Crippen LogP) is 3.35. The first-order valence-electron chi connectivity index (χ1n) is 10.4. The summed E-state index contributed by atoms with van der Waals surface area (Å²) in [5.41, 5.74) is 3.08. The van der Waals surface area contributed by atoms with Gasteiger partial charge in [-0.15, -0.1) is 16.0 Å². The van der Waals surface area contributed by atoms with Gasteiger partial charge in [-0.2, -0.15) is 8.42 Å². The van der Waals surface area contributed by atoms with Crippen LogP contribution in [-0.4, -0.2) is 35.6 Å². The molecular formula is C22H20ClN5O5S. The van der Waals surface area contributed by atoms with Gasteiger partial charge in [-0.1, -0.05) is 26.0 Å². The van der Waals surface area contributed by atoms with Gasteiger partial charge in [0.15, 0.2) is 11.4 Å². The van der Waals surface area contributed by atoms with Crippen molar-refractivity contribution in [1.82, 2.24) is 9.66 Å². The lowest BCUT2D eigenvalue weighted by molar-refractivity contribution is 0.478. The summed E-state index contributed by atoms with van der Waals surface area (Å²) in [6, 6.07) is 9.81. The number of nitrogens with zero attached hydrogens (tertiary/aromatic N) is 3. The van der Waals surface area contributed by atoms with Gasteiger partial charge in [0.05, 0.1) is 17.1 Å². The zero-order valence-electron chi connectivity index (χ0n) is 18.2. The standard InChI is InChI=1S/C22H20ClN5O5S/c1-11(2)10-24-28-14-6-4-3-5-12(14)19(29)17(22(28)30)21-25-13-7-8-15-18(26-16(9-23)33-15)20(13)34(31,32)27-21/h3-8,11,24,29H,9-10H2,1-2H3,(H,25,27). The van der Waals surface area contributed by atoms with Crippen LogP contribution in [0.5, 0.6) is 5.75 Å². The summed E-state index contributed by atoms with van der Waals surface area (Å²) in [5, 5.41) is 14.3. The molecule has 0 unspecified atom stereocenters. The minimum atomic E-state index is -4.31. The molecule has 0 aliphatic carbocycles. The normalized spacial score (nSPS) is 14.8. The number of sulfonamides is 1. The van der Waals surface area contributed by atoms with E-state index in [1.807, 2.05) is 13.8 Å². The Hall–Kier alpha value is -3.57. The van der Waals surface area contributed by atoms with E-state index in [-0.39, 0.29) is 56.5 Å². The second kappa shape index (κ2) is 8.03. The molecule has 176 valence electrons. The second-order valence-corrected chi connectivity index (χ2v) is 10.0. The van der Waals surface area contributed by atoms with Crippen molar-refractivity contribution in [2.75, 3.05) is 17.3 Å². The molecule has 34 heavy (non-hydrogen) atoms. The Labute approximate surface area is 198 Å². The summed E-state index contributed by atoms with van der Waals surface area (Å²) in [5.74, 6) is -0.301. The minimum absolute atomic E-state index is 0.0284. The number of anilines is 1. The van der Waals surface area contributed by atoms with Crippen LogP contribution in [0.15, 0.2) is 54.9 Å². The first-order chi connectivity index (χ1) is 16.2. The molecule has 12 heteroatoms. The summed E-state index contributed by atoms with van der Waals surface area (Å²) in [6.07, 6.45) is 0. The van der Waals surface area contributed by atoms with Crippen LogP contribution in [-0.2, 0) is 15.9 Å². The SMILES string of the molecule is CC(C)CNn1c(=O)c(C2=NS(=O)(=O)c3c(ccc4oc(CCl)nc34)N2)c(O)c2ccccc21. The van der Waals surface area contributed by atoms with E-state index in [0.29, 0.717) is 17.4 Å². The molecule has 1 aliphatic rings. The topological polar surface area (TPSA) is 139 Å². The number of amidine groups is 1. The lowest BCUT2D eigenvalue weighted by atomic mass is 10.1. The predicted molar refractivity (Wildman–Crippen MR) is 130 cm³/mol. The Balaban J connectivity index is 1.74. The molecule has 2 aromatic heterocycles. The highest BCUT2D eigenvalue weighted by atomic mass is 35.5. The molecule has 0 bridgehead atoms. The second-order valence-electron chi connectivity index (χ2n) is 8.21. The molecule has 0 spiro atoms. The smallest absolute Gasteiger partial charge is 0.288 e. The van der Waals surface area contributed by atoms with Crippen LogP contribution in [0.25, 0.3) is 22.0 Å². The van der Waals surface area contributed by atoms with E-state index in [1.54, 1.807) is 30.3 Å². The van der Waals surface area contributed by atoms with Gasteiger partial charge in [0, 0.05) is 11.9 Å². The number of para-hydroxylation sites is 1. The van der Waals surface area contributed by atoms with Crippen molar-refractivity contribution >= 4 is 55.1 Å². The zero-order chi connectivity index (χ0) is 24.2. The molecule has 0 radical (unpaired) electrons. The van der Waals surface area contributed by atoms with Crippen LogP contribution >= 0.6 is 11.6 Å². The van der Waals surface area contributed by atoms with Gasteiger partial charge >= 0.3 is 0 Å². The van der Waals surface area contributed by atoms with E-state index < -0.39 is 15.6 Å². The van der Waals surface area contributed by atoms with Gasteiger partial charge in [-0.25, -0.2) is 9.66 Å². The number of hydrogen-bond donors (Lipinski definition) is 3. The average molecular weight is 502 g/mol. The van der Waals surface area contributed by atoms with Crippen molar-refractivity contribution < 1.29 is 17.9 Å². The number of halogens is 1. The van der Waals surface area contributed by atoms with E-state index in [9.17, 15) is 18.3 Å². The summed E-state index contributed by atoms with van der Waals surface area (Å²) >= 11 is 5.78. The first-order valence-corrected chi connectivity index (χ1v) is 12.4. The fraction of sp³-hybridized carbons (Fsp3) is 0.227. The fourth-order valence-corrected chi connectivity index (χ4v) is 5.20. The van der Waals surface area contributed by atoms with E-state index in [0.717, 1.165) is 0 Å². The molecule has 0 saturated heterocycles. The molecule has 2 aromatic carbocycles. The highest BCUT2D eigenvalue weighted by Gasteiger charge is 2.33. The van der Waals surface area contributed by atoms with E-state index in [2.05, 4.69) is 20.1 Å². The maximum absolute atomic E-state index is 13.5. The van der Waals surface area contributed by atoms with Gasteiger partial charge < -0.3 is 20.3 Å². The third-order valence-corrected chi connectivity index (χ3v) is 6.92. The van der Waals surface area contributed by atoms with Crippen molar-refractivity contribution in [3.05, 3.63) is 58.2 Å². The van der Waals surface area contributed by atoms with Gasteiger partial charge in [-0.3, -0.25) is 4.79 Å². The largest absolute Gasteiger partial charge is 0.506 e. The van der Waals surface area contributed by atoms with Gasteiger partial charge in [0.2, 0.25) is 5.89 Å².